The molecule has 1 N–H and O–H groups in total. The predicted octanol–water partition coefficient (Wildman–Crippen LogP) is 2.51. The maximum atomic E-state index is 11.6. The molecule has 1 atom stereocenters. The Labute approximate surface area is 123 Å². The number of pyridine rings is 1. The molecule has 2 rings (SSSR count). The van der Waals surface area contributed by atoms with Crippen LogP contribution in [-0.4, -0.2) is 30.3 Å². The Kier molecular flexibility index (Phi) is 4.77. The van der Waals surface area contributed by atoms with E-state index in [1.165, 1.54) is 7.11 Å². The highest BCUT2D eigenvalue weighted by molar-refractivity contribution is 5.76. The van der Waals surface area contributed by atoms with Gasteiger partial charge in [0.2, 0.25) is 0 Å². The van der Waals surface area contributed by atoms with Crippen molar-refractivity contribution in [3.05, 3.63) is 53.9 Å². The molecule has 0 fully saturated rings. The molecule has 0 aliphatic carbocycles. The summed E-state index contributed by atoms with van der Waals surface area (Å²) >= 11 is 0. The molecule has 1 aromatic carbocycles. The van der Waals surface area contributed by atoms with Crippen molar-refractivity contribution in [1.82, 2.24) is 4.98 Å². The smallest absolute Gasteiger partial charge is 0.311 e. The molecular formula is C16H17NO4. The van der Waals surface area contributed by atoms with Crippen LogP contribution in [0.2, 0.25) is 0 Å². The van der Waals surface area contributed by atoms with Gasteiger partial charge in [0.1, 0.15) is 0 Å². The largest absolute Gasteiger partial charge is 0.493 e. The molecule has 5 heteroatoms. The molecule has 0 saturated carbocycles. The lowest BCUT2D eigenvalue weighted by Gasteiger charge is -2.15. The number of aromatic nitrogens is 1. The number of aliphatic carboxylic acids is 1. The zero-order chi connectivity index (χ0) is 15.2. The molecule has 2 aromatic rings. The van der Waals surface area contributed by atoms with Crippen molar-refractivity contribution >= 4 is 5.97 Å². The average molecular weight is 287 g/mol. The summed E-state index contributed by atoms with van der Waals surface area (Å²) in [5.41, 5.74) is 1.39. The molecule has 1 heterocycles. The lowest BCUT2D eigenvalue weighted by molar-refractivity contribution is -0.138. The summed E-state index contributed by atoms with van der Waals surface area (Å²) in [6, 6.07) is 10.6. The number of carbonyl (C=O) groups is 1. The van der Waals surface area contributed by atoms with Crippen LogP contribution in [0.25, 0.3) is 0 Å². The second kappa shape index (κ2) is 6.74. The first kappa shape index (κ1) is 14.8. The van der Waals surface area contributed by atoms with Gasteiger partial charge in [0.15, 0.2) is 11.5 Å². The second-order valence-electron chi connectivity index (χ2n) is 4.53. The quantitative estimate of drug-likeness (QED) is 0.884. The molecule has 0 saturated heterocycles. The van der Waals surface area contributed by atoms with Crippen LogP contribution in [0.1, 0.15) is 17.2 Å². The molecule has 1 aromatic heterocycles. The van der Waals surface area contributed by atoms with Crippen LogP contribution < -0.4 is 9.47 Å². The van der Waals surface area contributed by atoms with Crippen LogP contribution >= 0.6 is 0 Å². The van der Waals surface area contributed by atoms with Gasteiger partial charge < -0.3 is 14.6 Å². The van der Waals surface area contributed by atoms with E-state index in [4.69, 9.17) is 9.47 Å². The monoisotopic (exact) mass is 287 g/mol. The van der Waals surface area contributed by atoms with Gasteiger partial charge >= 0.3 is 5.97 Å². The van der Waals surface area contributed by atoms with Gasteiger partial charge in [0, 0.05) is 18.3 Å². The normalized spacial score (nSPS) is 11.7. The van der Waals surface area contributed by atoms with Crippen molar-refractivity contribution in [2.45, 2.75) is 12.3 Å². The highest BCUT2D eigenvalue weighted by Gasteiger charge is 2.22. The van der Waals surface area contributed by atoms with E-state index in [-0.39, 0.29) is 0 Å². The molecule has 110 valence electrons. The highest BCUT2D eigenvalue weighted by atomic mass is 16.5. The fraction of sp³-hybridized carbons (Fsp3) is 0.250. The number of carboxylic acid groups (broad SMARTS) is 1. The van der Waals surface area contributed by atoms with Crippen molar-refractivity contribution in [3.8, 4) is 11.5 Å². The van der Waals surface area contributed by atoms with E-state index in [9.17, 15) is 9.90 Å². The molecule has 0 aliphatic rings. The van der Waals surface area contributed by atoms with Crippen molar-refractivity contribution in [2.24, 2.45) is 0 Å². The molecule has 21 heavy (non-hydrogen) atoms. The average Bonchev–Trinajstić information content (AvgIpc) is 2.52. The fourth-order valence-corrected chi connectivity index (χ4v) is 2.15. The first-order valence-corrected chi connectivity index (χ1v) is 6.50. The van der Waals surface area contributed by atoms with Crippen LogP contribution in [0.15, 0.2) is 42.6 Å². The number of hydrogen-bond donors (Lipinski definition) is 1. The number of methoxy groups -OCH3 is 2. The molecule has 0 radical (unpaired) electrons. The van der Waals surface area contributed by atoms with Crippen molar-refractivity contribution in [2.75, 3.05) is 14.2 Å². The SMILES string of the molecule is COc1ccc(C(Cc2ccccn2)C(=O)O)cc1OC. The number of hydrogen-bond acceptors (Lipinski definition) is 4. The topological polar surface area (TPSA) is 68.7 Å². The summed E-state index contributed by atoms with van der Waals surface area (Å²) < 4.78 is 10.4. The Morgan fingerprint density at radius 1 is 1.19 bits per heavy atom. The van der Waals surface area contributed by atoms with Gasteiger partial charge in [-0.3, -0.25) is 9.78 Å². The zero-order valence-electron chi connectivity index (χ0n) is 11.9. The van der Waals surface area contributed by atoms with Gasteiger partial charge in [-0.25, -0.2) is 0 Å². The highest BCUT2D eigenvalue weighted by Crippen LogP contribution is 2.31. The zero-order valence-corrected chi connectivity index (χ0v) is 11.9. The van der Waals surface area contributed by atoms with Gasteiger partial charge in [-0.15, -0.1) is 0 Å². The fourth-order valence-electron chi connectivity index (χ4n) is 2.15. The van der Waals surface area contributed by atoms with Gasteiger partial charge in [-0.05, 0) is 29.8 Å². The standard InChI is InChI=1S/C16H17NO4/c1-20-14-7-6-11(9-15(14)21-2)13(16(18)19)10-12-5-3-4-8-17-12/h3-9,13H,10H2,1-2H3,(H,18,19). The van der Waals surface area contributed by atoms with Crippen LogP contribution in [0.4, 0.5) is 0 Å². The van der Waals surface area contributed by atoms with Crippen molar-refractivity contribution in [3.63, 3.8) is 0 Å². The number of rotatable bonds is 6. The minimum absolute atomic E-state index is 0.325. The third kappa shape index (κ3) is 3.51. The van der Waals surface area contributed by atoms with Crippen LogP contribution in [0.3, 0.4) is 0 Å². The van der Waals surface area contributed by atoms with E-state index in [0.29, 0.717) is 23.5 Å². The van der Waals surface area contributed by atoms with Gasteiger partial charge in [0.05, 0.1) is 20.1 Å². The van der Waals surface area contributed by atoms with E-state index < -0.39 is 11.9 Å². The van der Waals surface area contributed by atoms with E-state index in [2.05, 4.69) is 4.98 Å². The summed E-state index contributed by atoms with van der Waals surface area (Å²) in [7, 11) is 3.07. The lowest BCUT2D eigenvalue weighted by Crippen LogP contribution is -2.15. The second-order valence-corrected chi connectivity index (χ2v) is 4.53. The first-order valence-electron chi connectivity index (χ1n) is 6.50. The maximum Gasteiger partial charge on any atom is 0.311 e. The molecule has 0 spiro atoms. The number of benzene rings is 1. The Morgan fingerprint density at radius 3 is 2.52 bits per heavy atom. The van der Waals surface area contributed by atoms with E-state index in [1.807, 2.05) is 12.1 Å². The Morgan fingerprint density at radius 2 is 1.95 bits per heavy atom. The molecule has 0 bridgehead atoms. The molecular weight excluding hydrogens is 270 g/mol. The predicted molar refractivity (Wildman–Crippen MR) is 77.9 cm³/mol. The van der Waals surface area contributed by atoms with Gasteiger partial charge in [-0.1, -0.05) is 12.1 Å². The van der Waals surface area contributed by atoms with E-state index in [1.54, 1.807) is 37.6 Å². The third-order valence-corrected chi connectivity index (χ3v) is 3.25. The molecule has 0 aliphatic heterocycles. The summed E-state index contributed by atoms with van der Waals surface area (Å²) in [5.74, 6) is -0.488. The molecule has 1 unspecified atom stereocenters. The van der Waals surface area contributed by atoms with E-state index in [0.717, 1.165) is 5.69 Å². The van der Waals surface area contributed by atoms with Crippen LogP contribution in [0, 0.1) is 0 Å². The number of carboxylic acids is 1. The lowest BCUT2D eigenvalue weighted by atomic mass is 9.93. The number of ether oxygens (including phenoxy) is 2. The Hall–Kier alpha value is -2.56. The van der Waals surface area contributed by atoms with Gasteiger partial charge in [0.25, 0.3) is 0 Å². The first-order chi connectivity index (χ1) is 10.2. The third-order valence-electron chi connectivity index (χ3n) is 3.25. The van der Waals surface area contributed by atoms with Crippen LogP contribution in [-0.2, 0) is 11.2 Å². The van der Waals surface area contributed by atoms with Crippen molar-refractivity contribution in [1.29, 1.82) is 0 Å². The Balaban J connectivity index is 2.32. The summed E-state index contributed by atoms with van der Waals surface area (Å²) in [6.07, 6.45) is 1.98. The van der Waals surface area contributed by atoms with Crippen molar-refractivity contribution < 1.29 is 19.4 Å². The summed E-state index contributed by atoms with van der Waals surface area (Å²) in [4.78, 5) is 15.7. The maximum absolute atomic E-state index is 11.6. The van der Waals surface area contributed by atoms with Crippen LogP contribution in [0.5, 0.6) is 11.5 Å². The van der Waals surface area contributed by atoms with E-state index >= 15 is 0 Å². The minimum atomic E-state index is -0.895. The summed E-state index contributed by atoms with van der Waals surface area (Å²) in [6.45, 7) is 0. The molecule has 0 amide bonds. The number of nitrogens with zero attached hydrogens (tertiary/aromatic N) is 1. The molecule has 5 nitrogen and oxygen atoms in total. The van der Waals surface area contributed by atoms with Gasteiger partial charge in [-0.2, -0.15) is 0 Å². The minimum Gasteiger partial charge on any atom is -0.493 e. The Bertz CT molecular complexity index is 613. The summed E-state index contributed by atoms with van der Waals surface area (Å²) in [5, 5.41) is 9.48.